The molecule has 2 rings (SSSR count). The van der Waals surface area contributed by atoms with Crippen molar-refractivity contribution < 1.29 is 0 Å². The molecule has 2 aromatic rings. The third kappa shape index (κ3) is 14.8. The fourth-order valence-electron chi connectivity index (χ4n) is 6.95. The minimum absolute atomic E-state index is 0.680. The monoisotopic (exact) mass is 575 g/mol. The van der Waals surface area contributed by atoms with Crippen molar-refractivity contribution in [2.45, 2.75) is 189 Å². The average molecular weight is 575 g/mol. The second-order valence-corrected chi connectivity index (χ2v) is 13.6. The number of unbranched alkanes of at least 4 members (excludes halogenated alkanes) is 9. The van der Waals surface area contributed by atoms with Crippen molar-refractivity contribution in [2.24, 2.45) is 5.92 Å². The predicted octanol–water partition coefficient (Wildman–Crippen LogP) is 13.6. The number of hydrogen-bond donors (Lipinski definition) is 0. The maximum atomic E-state index is 2.62. The number of rotatable bonds is 25. The molecule has 0 fully saturated rings. The first kappa shape index (κ1) is 36.6. The highest BCUT2D eigenvalue weighted by molar-refractivity contribution is 5.34. The highest BCUT2D eigenvalue weighted by Gasteiger charge is 2.19. The van der Waals surface area contributed by atoms with E-state index in [1.54, 1.807) is 33.4 Å². The Morgan fingerprint density at radius 3 is 1.19 bits per heavy atom. The van der Waals surface area contributed by atoms with Crippen LogP contribution in [0.2, 0.25) is 0 Å². The fourth-order valence-corrected chi connectivity index (χ4v) is 6.95. The minimum atomic E-state index is 0.680. The summed E-state index contributed by atoms with van der Waals surface area (Å²) in [5.41, 5.74) is 9.68. The van der Waals surface area contributed by atoms with Crippen LogP contribution < -0.4 is 0 Å². The van der Waals surface area contributed by atoms with Crippen molar-refractivity contribution in [3.8, 4) is 0 Å². The largest absolute Gasteiger partial charge is 0.0654 e. The Labute approximate surface area is 263 Å². The van der Waals surface area contributed by atoms with Crippen molar-refractivity contribution in [1.29, 1.82) is 0 Å². The molecule has 0 nitrogen and oxygen atoms in total. The van der Waals surface area contributed by atoms with Gasteiger partial charge in [-0.25, -0.2) is 0 Å². The van der Waals surface area contributed by atoms with Crippen LogP contribution in [0.15, 0.2) is 36.4 Å². The van der Waals surface area contributed by atoms with E-state index in [4.69, 9.17) is 0 Å². The van der Waals surface area contributed by atoms with Crippen LogP contribution >= 0.6 is 0 Å². The smallest absolute Gasteiger partial charge is 0.0162 e. The van der Waals surface area contributed by atoms with Gasteiger partial charge in [0.1, 0.15) is 0 Å². The molecular formula is C42H70. The molecule has 0 aliphatic heterocycles. The second kappa shape index (κ2) is 22.9. The maximum Gasteiger partial charge on any atom is -0.0162 e. The first-order valence-electron chi connectivity index (χ1n) is 18.8. The molecule has 0 heterocycles. The van der Waals surface area contributed by atoms with Crippen molar-refractivity contribution in [3.05, 3.63) is 69.8 Å². The van der Waals surface area contributed by atoms with Crippen LogP contribution in [-0.4, -0.2) is 0 Å². The Morgan fingerprint density at radius 2 is 0.810 bits per heavy atom. The van der Waals surface area contributed by atoms with Gasteiger partial charge in [0, 0.05) is 0 Å². The average Bonchev–Trinajstić information content (AvgIpc) is 2.99. The van der Waals surface area contributed by atoms with Crippen LogP contribution in [0.1, 0.15) is 190 Å². The lowest BCUT2D eigenvalue weighted by atomic mass is 9.80. The summed E-state index contributed by atoms with van der Waals surface area (Å²) >= 11 is 0. The van der Waals surface area contributed by atoms with Gasteiger partial charge in [0.05, 0.1) is 0 Å². The van der Waals surface area contributed by atoms with Gasteiger partial charge in [0.25, 0.3) is 0 Å². The maximum absolute atomic E-state index is 2.62. The molecule has 0 saturated heterocycles. The fraction of sp³-hybridized carbons (Fsp3) is 0.714. The quantitative estimate of drug-likeness (QED) is 0.103. The van der Waals surface area contributed by atoms with Gasteiger partial charge in [-0.15, -0.1) is 0 Å². The van der Waals surface area contributed by atoms with Crippen LogP contribution in [0.5, 0.6) is 0 Å². The summed E-state index contributed by atoms with van der Waals surface area (Å²) in [5, 5.41) is 0. The molecule has 2 atom stereocenters. The van der Waals surface area contributed by atoms with E-state index in [0.717, 1.165) is 5.92 Å². The summed E-state index contributed by atoms with van der Waals surface area (Å²) in [5.74, 6) is 1.45. The Bertz CT molecular complexity index is 881. The molecule has 0 heteroatoms. The van der Waals surface area contributed by atoms with E-state index in [9.17, 15) is 0 Å². The summed E-state index contributed by atoms with van der Waals surface area (Å²) in [6, 6.07) is 15.5. The van der Waals surface area contributed by atoms with E-state index >= 15 is 0 Å². The van der Waals surface area contributed by atoms with Crippen LogP contribution in [0.25, 0.3) is 0 Å². The molecule has 42 heavy (non-hydrogen) atoms. The predicted molar refractivity (Wildman–Crippen MR) is 190 cm³/mol. The first-order valence-corrected chi connectivity index (χ1v) is 18.8. The topological polar surface area (TPSA) is 0 Å². The van der Waals surface area contributed by atoms with Crippen LogP contribution in [0, 0.1) is 5.92 Å². The van der Waals surface area contributed by atoms with E-state index in [2.05, 4.69) is 77.9 Å². The molecule has 0 saturated carbocycles. The number of benzene rings is 2. The molecular weight excluding hydrogens is 504 g/mol. The van der Waals surface area contributed by atoms with Crippen LogP contribution in [0.3, 0.4) is 0 Å². The van der Waals surface area contributed by atoms with E-state index < -0.39 is 0 Å². The second-order valence-electron chi connectivity index (χ2n) is 13.6. The lowest BCUT2D eigenvalue weighted by Gasteiger charge is -2.25. The van der Waals surface area contributed by atoms with Crippen molar-refractivity contribution in [1.82, 2.24) is 0 Å². The summed E-state index contributed by atoms with van der Waals surface area (Å²) < 4.78 is 0. The van der Waals surface area contributed by atoms with Gasteiger partial charge in [0.15, 0.2) is 0 Å². The summed E-state index contributed by atoms with van der Waals surface area (Å²) in [6.07, 6.45) is 28.9. The zero-order chi connectivity index (χ0) is 30.4. The molecule has 0 aliphatic carbocycles. The van der Waals surface area contributed by atoms with Gasteiger partial charge < -0.3 is 0 Å². The van der Waals surface area contributed by atoms with Gasteiger partial charge in [-0.05, 0) is 116 Å². The SMILES string of the molecule is CCCCCc1cc(CCCCC)cc(CC(CCCC)CC(CC)c2cc(CCCCC)cc(CCCCC)c2)c1. The van der Waals surface area contributed by atoms with E-state index in [0.29, 0.717) is 5.92 Å². The van der Waals surface area contributed by atoms with Gasteiger partial charge in [-0.1, -0.05) is 149 Å². The molecule has 0 spiro atoms. The number of aryl methyl sites for hydroxylation is 4. The van der Waals surface area contributed by atoms with Gasteiger partial charge in [0.2, 0.25) is 0 Å². The Balaban J connectivity index is 2.29. The zero-order valence-electron chi connectivity index (χ0n) is 29.2. The van der Waals surface area contributed by atoms with Gasteiger partial charge in [-0.2, -0.15) is 0 Å². The van der Waals surface area contributed by atoms with Crippen molar-refractivity contribution in [2.75, 3.05) is 0 Å². The normalized spacial score (nSPS) is 13.0. The molecule has 0 bridgehead atoms. The lowest BCUT2D eigenvalue weighted by Crippen LogP contribution is -2.12. The Morgan fingerprint density at radius 1 is 0.429 bits per heavy atom. The Kier molecular flexibility index (Phi) is 20.0. The summed E-state index contributed by atoms with van der Waals surface area (Å²) in [4.78, 5) is 0. The number of hydrogen-bond acceptors (Lipinski definition) is 0. The van der Waals surface area contributed by atoms with E-state index in [1.165, 1.54) is 141 Å². The highest BCUT2D eigenvalue weighted by Crippen LogP contribution is 2.34. The van der Waals surface area contributed by atoms with Crippen LogP contribution in [0.4, 0.5) is 0 Å². The molecule has 0 aromatic heterocycles. The standard InChI is InChI=1S/C42H70/c1-7-13-18-23-35-27-36(24-19-14-8-2)30-40(29-35)31-37(22-17-11-5)32-41(12-6)42-33-38(25-20-15-9-3)28-39(34-42)26-21-16-10-4/h27-30,33-34,37,41H,7-26,31-32H2,1-6H3. The molecule has 0 amide bonds. The molecule has 2 aromatic carbocycles. The van der Waals surface area contributed by atoms with E-state index in [-0.39, 0.29) is 0 Å². The molecule has 0 aliphatic rings. The lowest BCUT2D eigenvalue weighted by molar-refractivity contribution is 0.388. The van der Waals surface area contributed by atoms with Crippen LogP contribution in [-0.2, 0) is 32.1 Å². The van der Waals surface area contributed by atoms with Gasteiger partial charge >= 0.3 is 0 Å². The van der Waals surface area contributed by atoms with Crippen molar-refractivity contribution >= 4 is 0 Å². The third-order valence-electron chi connectivity index (χ3n) is 9.54. The van der Waals surface area contributed by atoms with Gasteiger partial charge in [-0.3, -0.25) is 0 Å². The first-order chi connectivity index (χ1) is 20.6. The summed E-state index contributed by atoms with van der Waals surface area (Å²) in [7, 11) is 0. The Hall–Kier alpha value is -1.56. The molecule has 238 valence electrons. The molecule has 0 radical (unpaired) electrons. The molecule has 2 unspecified atom stereocenters. The minimum Gasteiger partial charge on any atom is -0.0654 e. The summed E-state index contributed by atoms with van der Waals surface area (Å²) in [6.45, 7) is 14.1. The highest BCUT2D eigenvalue weighted by atomic mass is 14.2. The zero-order valence-corrected chi connectivity index (χ0v) is 29.2. The third-order valence-corrected chi connectivity index (χ3v) is 9.54. The van der Waals surface area contributed by atoms with Crippen molar-refractivity contribution in [3.63, 3.8) is 0 Å². The molecule has 0 N–H and O–H groups in total. The van der Waals surface area contributed by atoms with E-state index in [1.807, 2.05) is 0 Å².